The van der Waals surface area contributed by atoms with Crippen molar-refractivity contribution in [1.29, 1.82) is 0 Å². The maximum Gasteiger partial charge on any atom is 0.185 e. The zero-order valence-electron chi connectivity index (χ0n) is 10.7. The first kappa shape index (κ1) is 13.8. The van der Waals surface area contributed by atoms with Crippen LogP contribution in [0, 0.1) is 5.82 Å². The number of thioether (sulfide) groups is 1. The summed E-state index contributed by atoms with van der Waals surface area (Å²) in [6.45, 7) is 0. The van der Waals surface area contributed by atoms with Crippen LogP contribution in [0.1, 0.15) is 11.6 Å². The summed E-state index contributed by atoms with van der Waals surface area (Å²) >= 11 is 1.48. The molecule has 5 nitrogen and oxygen atoms in total. The van der Waals surface area contributed by atoms with Gasteiger partial charge in [-0.3, -0.25) is 0 Å². The summed E-state index contributed by atoms with van der Waals surface area (Å²) < 4.78 is 20.1. The van der Waals surface area contributed by atoms with Crippen LogP contribution < -0.4 is 10.5 Å². The van der Waals surface area contributed by atoms with Crippen molar-refractivity contribution in [2.75, 3.05) is 12.9 Å². The lowest BCUT2D eigenvalue weighted by Crippen LogP contribution is -2.13. The molecular formula is C12H15FN4OS. The highest BCUT2D eigenvalue weighted by atomic mass is 32.2. The summed E-state index contributed by atoms with van der Waals surface area (Å²) in [6, 6.07) is 4.48. The van der Waals surface area contributed by atoms with Gasteiger partial charge in [-0.15, -0.1) is 0 Å². The molecule has 0 amide bonds. The molecular weight excluding hydrogens is 267 g/mol. The quantitative estimate of drug-likeness (QED) is 0.846. The van der Waals surface area contributed by atoms with Crippen molar-refractivity contribution >= 4 is 11.8 Å². The number of rotatable bonds is 5. The van der Waals surface area contributed by atoms with Gasteiger partial charge in [-0.05, 0) is 17.7 Å². The zero-order valence-corrected chi connectivity index (χ0v) is 11.5. The summed E-state index contributed by atoms with van der Waals surface area (Å²) in [5, 5.41) is 4.75. The Kier molecular flexibility index (Phi) is 4.39. The molecule has 1 unspecified atom stereocenters. The van der Waals surface area contributed by atoms with Crippen LogP contribution in [-0.4, -0.2) is 27.6 Å². The first-order chi connectivity index (χ1) is 9.11. The van der Waals surface area contributed by atoms with E-state index in [-0.39, 0.29) is 11.8 Å². The van der Waals surface area contributed by atoms with E-state index in [1.54, 1.807) is 16.8 Å². The number of aromatic nitrogens is 3. The van der Waals surface area contributed by atoms with Gasteiger partial charge < -0.3 is 10.5 Å². The third kappa shape index (κ3) is 3.24. The van der Waals surface area contributed by atoms with E-state index >= 15 is 0 Å². The van der Waals surface area contributed by atoms with Crippen LogP contribution in [-0.2, 0) is 7.05 Å². The lowest BCUT2D eigenvalue weighted by atomic mass is 10.1. The van der Waals surface area contributed by atoms with Gasteiger partial charge in [0.2, 0.25) is 0 Å². The van der Waals surface area contributed by atoms with E-state index in [0.29, 0.717) is 5.75 Å². The maximum atomic E-state index is 13.6. The van der Waals surface area contributed by atoms with Crippen molar-refractivity contribution in [2.24, 2.45) is 12.8 Å². The van der Waals surface area contributed by atoms with E-state index in [4.69, 9.17) is 10.5 Å². The van der Waals surface area contributed by atoms with E-state index in [1.165, 1.54) is 31.3 Å². The minimum atomic E-state index is -0.404. The average Bonchev–Trinajstić information content (AvgIpc) is 2.81. The Labute approximate surface area is 115 Å². The normalized spacial score (nSPS) is 12.4. The van der Waals surface area contributed by atoms with E-state index < -0.39 is 5.82 Å². The molecule has 1 aromatic heterocycles. The summed E-state index contributed by atoms with van der Waals surface area (Å²) in [5.41, 5.74) is 6.77. The average molecular weight is 282 g/mol. The van der Waals surface area contributed by atoms with Gasteiger partial charge in [0.1, 0.15) is 6.33 Å². The summed E-state index contributed by atoms with van der Waals surface area (Å²) in [6.07, 6.45) is 1.49. The number of hydrogen-bond acceptors (Lipinski definition) is 5. The van der Waals surface area contributed by atoms with Crippen molar-refractivity contribution in [3.63, 3.8) is 0 Å². The SMILES string of the molecule is COc1ccc(C(N)CSc2ncnn2C)cc1F. The fourth-order valence-corrected chi connectivity index (χ4v) is 2.47. The monoisotopic (exact) mass is 282 g/mol. The second-order valence-corrected chi connectivity index (χ2v) is 4.96. The van der Waals surface area contributed by atoms with Crippen molar-refractivity contribution in [3.8, 4) is 5.75 Å². The molecule has 0 fully saturated rings. The van der Waals surface area contributed by atoms with E-state index in [2.05, 4.69) is 10.1 Å². The van der Waals surface area contributed by atoms with Crippen LogP contribution in [0.4, 0.5) is 4.39 Å². The molecule has 1 heterocycles. The molecule has 1 atom stereocenters. The molecule has 19 heavy (non-hydrogen) atoms. The summed E-state index contributed by atoms with van der Waals surface area (Å²) in [7, 11) is 3.25. The second-order valence-electron chi connectivity index (χ2n) is 3.98. The van der Waals surface area contributed by atoms with Crippen molar-refractivity contribution in [2.45, 2.75) is 11.2 Å². The minimum absolute atomic E-state index is 0.219. The van der Waals surface area contributed by atoms with Gasteiger partial charge >= 0.3 is 0 Å². The van der Waals surface area contributed by atoms with Crippen LogP contribution in [0.15, 0.2) is 29.7 Å². The molecule has 2 aromatic rings. The van der Waals surface area contributed by atoms with Crippen molar-refractivity contribution < 1.29 is 9.13 Å². The first-order valence-electron chi connectivity index (χ1n) is 5.67. The molecule has 0 radical (unpaired) electrons. The number of halogens is 1. The fraction of sp³-hybridized carbons (Fsp3) is 0.333. The Morgan fingerprint density at radius 1 is 1.53 bits per heavy atom. The zero-order chi connectivity index (χ0) is 13.8. The third-order valence-corrected chi connectivity index (χ3v) is 3.82. The number of nitrogens with zero attached hydrogens (tertiary/aromatic N) is 3. The van der Waals surface area contributed by atoms with Gasteiger partial charge in [0.15, 0.2) is 16.7 Å². The van der Waals surface area contributed by atoms with Gasteiger partial charge in [-0.25, -0.2) is 14.1 Å². The molecule has 0 aliphatic rings. The van der Waals surface area contributed by atoms with E-state index in [9.17, 15) is 4.39 Å². The third-order valence-electron chi connectivity index (χ3n) is 2.67. The fourth-order valence-electron chi connectivity index (χ4n) is 1.59. The van der Waals surface area contributed by atoms with E-state index in [0.717, 1.165) is 10.7 Å². The first-order valence-corrected chi connectivity index (χ1v) is 6.66. The van der Waals surface area contributed by atoms with Crippen LogP contribution >= 0.6 is 11.8 Å². The van der Waals surface area contributed by atoms with Gasteiger partial charge in [0.05, 0.1) is 7.11 Å². The van der Waals surface area contributed by atoms with Gasteiger partial charge in [-0.2, -0.15) is 5.10 Å². The second kappa shape index (κ2) is 6.03. The molecule has 102 valence electrons. The molecule has 2 rings (SSSR count). The number of hydrogen-bond donors (Lipinski definition) is 1. The Hall–Kier alpha value is -1.60. The van der Waals surface area contributed by atoms with Gasteiger partial charge in [0.25, 0.3) is 0 Å². The van der Waals surface area contributed by atoms with Crippen LogP contribution in [0.2, 0.25) is 0 Å². The van der Waals surface area contributed by atoms with Crippen LogP contribution in [0.25, 0.3) is 0 Å². The van der Waals surface area contributed by atoms with Crippen LogP contribution in [0.5, 0.6) is 5.75 Å². The Balaban J connectivity index is 2.02. The highest BCUT2D eigenvalue weighted by Gasteiger charge is 2.12. The molecule has 1 aromatic carbocycles. The molecule has 0 aliphatic heterocycles. The van der Waals surface area contributed by atoms with E-state index in [1.807, 2.05) is 7.05 Å². The Bertz CT molecular complexity index is 560. The molecule has 0 saturated heterocycles. The molecule has 2 N–H and O–H groups in total. The molecule has 0 bridgehead atoms. The largest absolute Gasteiger partial charge is 0.494 e. The lowest BCUT2D eigenvalue weighted by Gasteiger charge is -2.12. The Morgan fingerprint density at radius 2 is 2.32 bits per heavy atom. The summed E-state index contributed by atoms with van der Waals surface area (Å²) in [5.74, 6) is 0.411. The Morgan fingerprint density at radius 3 is 2.89 bits per heavy atom. The highest BCUT2D eigenvalue weighted by molar-refractivity contribution is 7.99. The van der Waals surface area contributed by atoms with Crippen molar-refractivity contribution in [1.82, 2.24) is 14.8 Å². The highest BCUT2D eigenvalue weighted by Crippen LogP contribution is 2.24. The number of benzene rings is 1. The van der Waals surface area contributed by atoms with Gasteiger partial charge in [-0.1, -0.05) is 17.8 Å². The molecule has 7 heteroatoms. The smallest absolute Gasteiger partial charge is 0.185 e. The number of methoxy groups -OCH3 is 1. The standard InChI is InChI=1S/C12H15FN4OS/c1-17-12(15-7-16-17)19-6-10(14)8-3-4-11(18-2)9(13)5-8/h3-5,7,10H,6,14H2,1-2H3. The van der Waals surface area contributed by atoms with Gasteiger partial charge in [0, 0.05) is 18.8 Å². The topological polar surface area (TPSA) is 66.0 Å². The minimum Gasteiger partial charge on any atom is -0.494 e. The van der Waals surface area contributed by atoms with Crippen molar-refractivity contribution in [3.05, 3.63) is 35.9 Å². The van der Waals surface area contributed by atoms with Crippen LogP contribution in [0.3, 0.4) is 0 Å². The number of ether oxygens (including phenoxy) is 1. The molecule has 0 saturated carbocycles. The predicted molar refractivity (Wildman–Crippen MR) is 71.6 cm³/mol. The predicted octanol–water partition coefficient (Wildman–Crippen LogP) is 1.75. The molecule has 0 aliphatic carbocycles. The number of aryl methyl sites for hydroxylation is 1. The molecule has 0 spiro atoms. The lowest BCUT2D eigenvalue weighted by molar-refractivity contribution is 0.386. The maximum absolute atomic E-state index is 13.6. The summed E-state index contributed by atoms with van der Waals surface area (Å²) in [4.78, 5) is 4.09. The number of nitrogens with two attached hydrogens (primary N) is 1.